The van der Waals surface area contributed by atoms with Crippen LogP contribution in [0.2, 0.25) is 5.02 Å². The van der Waals surface area contributed by atoms with Crippen molar-refractivity contribution in [3.05, 3.63) is 77.3 Å². The number of ether oxygens (including phenoxy) is 2. The average Bonchev–Trinajstić information content (AvgIpc) is 3.25. The number of hydrogen-bond donors (Lipinski definition) is 1. The summed E-state index contributed by atoms with van der Waals surface area (Å²) in [5.74, 6) is 0.999. The van der Waals surface area contributed by atoms with Crippen LogP contribution in [0.4, 0.5) is 11.6 Å². The summed E-state index contributed by atoms with van der Waals surface area (Å²) in [6.45, 7) is 2.73. The fraction of sp³-hybridized carbons (Fsp3) is 0.125. The number of nitrogens with zero attached hydrogens (tertiary/aromatic N) is 1. The number of hydrogen-bond acceptors (Lipinski definition) is 7. The lowest BCUT2D eigenvalue weighted by Gasteiger charge is -2.18. The molecule has 0 aliphatic carbocycles. The number of halogens is 1. The van der Waals surface area contributed by atoms with Crippen LogP contribution in [0, 0.1) is 6.92 Å². The average molecular weight is 483 g/mol. The molecule has 33 heavy (non-hydrogen) atoms. The number of aromatic nitrogens is 1. The van der Waals surface area contributed by atoms with E-state index in [1.54, 1.807) is 30.3 Å². The van der Waals surface area contributed by atoms with E-state index in [1.165, 1.54) is 12.1 Å². The van der Waals surface area contributed by atoms with E-state index in [2.05, 4.69) is 10.3 Å². The van der Waals surface area contributed by atoms with Crippen molar-refractivity contribution in [3.63, 3.8) is 0 Å². The largest absolute Gasteiger partial charge is 0.486 e. The van der Waals surface area contributed by atoms with Crippen LogP contribution in [0.5, 0.6) is 11.5 Å². The Kier molecular flexibility index (Phi) is 5.47. The molecule has 0 bridgehead atoms. The van der Waals surface area contributed by atoms with Gasteiger partial charge in [-0.05, 0) is 49.4 Å². The third-order valence-electron chi connectivity index (χ3n) is 5.06. The molecule has 0 saturated heterocycles. The first-order valence-corrected chi connectivity index (χ1v) is 12.0. The van der Waals surface area contributed by atoms with Gasteiger partial charge in [-0.2, -0.15) is 4.98 Å². The minimum Gasteiger partial charge on any atom is -0.486 e. The smallest absolute Gasteiger partial charge is 0.238 e. The number of oxazole rings is 1. The third kappa shape index (κ3) is 4.27. The second-order valence-corrected chi connectivity index (χ2v) is 9.76. The molecule has 0 amide bonds. The van der Waals surface area contributed by atoms with Gasteiger partial charge in [-0.15, -0.1) is 0 Å². The highest BCUT2D eigenvalue weighted by molar-refractivity contribution is 7.91. The van der Waals surface area contributed by atoms with Gasteiger partial charge in [0.25, 0.3) is 0 Å². The fourth-order valence-corrected chi connectivity index (χ4v) is 4.85. The van der Waals surface area contributed by atoms with Crippen LogP contribution in [0.3, 0.4) is 0 Å². The number of nitrogens with one attached hydrogen (secondary N) is 1. The van der Waals surface area contributed by atoms with Crippen molar-refractivity contribution in [1.29, 1.82) is 0 Å². The first kappa shape index (κ1) is 21.4. The summed E-state index contributed by atoms with van der Waals surface area (Å²) in [7, 11) is -4.06. The Balaban J connectivity index is 1.62. The number of sulfone groups is 1. The number of rotatable bonds is 5. The monoisotopic (exact) mass is 482 g/mol. The summed E-state index contributed by atoms with van der Waals surface area (Å²) in [4.78, 5) is 4.37. The Labute approximate surface area is 195 Å². The van der Waals surface area contributed by atoms with Crippen molar-refractivity contribution in [2.45, 2.75) is 16.8 Å². The maximum absolute atomic E-state index is 13.6. The zero-order valence-corrected chi connectivity index (χ0v) is 19.1. The molecule has 5 rings (SSSR count). The maximum Gasteiger partial charge on any atom is 0.238 e. The van der Waals surface area contributed by atoms with E-state index in [1.807, 2.05) is 31.2 Å². The number of benzene rings is 3. The first-order chi connectivity index (χ1) is 15.9. The Morgan fingerprint density at radius 1 is 0.939 bits per heavy atom. The summed E-state index contributed by atoms with van der Waals surface area (Å²) in [5, 5.41) is 3.29. The molecular formula is C24H19ClN2O5S. The summed E-state index contributed by atoms with van der Waals surface area (Å²) >= 11 is 6.11. The first-order valence-electron chi connectivity index (χ1n) is 10.2. The van der Waals surface area contributed by atoms with Gasteiger partial charge >= 0.3 is 0 Å². The molecule has 1 aromatic heterocycles. The zero-order chi connectivity index (χ0) is 23.0. The van der Waals surface area contributed by atoms with E-state index >= 15 is 0 Å². The van der Waals surface area contributed by atoms with E-state index < -0.39 is 9.84 Å². The third-order valence-corrected chi connectivity index (χ3v) is 6.95. The second kappa shape index (κ2) is 8.46. The van der Waals surface area contributed by atoms with Crippen LogP contribution in [0.1, 0.15) is 5.56 Å². The molecular weight excluding hydrogens is 464 g/mol. The van der Waals surface area contributed by atoms with Crippen molar-refractivity contribution < 1.29 is 22.3 Å². The number of aryl methyl sites for hydroxylation is 1. The highest BCUT2D eigenvalue weighted by Gasteiger charge is 2.30. The van der Waals surface area contributed by atoms with Crippen molar-refractivity contribution >= 4 is 33.0 Å². The van der Waals surface area contributed by atoms with Crippen LogP contribution < -0.4 is 14.8 Å². The number of anilines is 2. The highest BCUT2D eigenvalue weighted by atomic mass is 35.5. The standard InChI is InChI=1S/C24H19ClN2O5S/c1-15-5-7-18(8-6-15)26-23-24(27-22(32-23)16-3-2-4-17(25)13-16)33(28,29)19-9-10-20-21(14-19)31-12-11-30-20/h2-10,13-14,26H,11-12H2,1H3. The number of fused-ring (bicyclic) bond motifs is 1. The van der Waals surface area contributed by atoms with Crippen molar-refractivity contribution in [2.24, 2.45) is 0 Å². The van der Waals surface area contributed by atoms with Crippen molar-refractivity contribution in [1.82, 2.24) is 4.98 Å². The molecule has 0 spiro atoms. The van der Waals surface area contributed by atoms with Crippen LogP contribution in [-0.2, 0) is 9.84 Å². The Morgan fingerprint density at radius 3 is 2.45 bits per heavy atom. The summed E-state index contributed by atoms with van der Waals surface area (Å²) in [6.07, 6.45) is 0. The van der Waals surface area contributed by atoms with Gasteiger partial charge in [0, 0.05) is 22.3 Å². The van der Waals surface area contributed by atoms with Crippen molar-refractivity contribution in [3.8, 4) is 23.0 Å². The molecule has 1 aliphatic heterocycles. The molecule has 2 heterocycles. The predicted octanol–water partition coefficient (Wildman–Crippen LogP) is 5.65. The molecule has 0 unspecified atom stereocenters. The zero-order valence-electron chi connectivity index (χ0n) is 17.5. The summed E-state index contributed by atoms with van der Waals surface area (Å²) in [6, 6.07) is 18.8. The quantitative estimate of drug-likeness (QED) is 0.393. The Hall–Kier alpha value is -3.49. The molecule has 1 N–H and O–H groups in total. The van der Waals surface area contributed by atoms with Gasteiger partial charge in [-0.1, -0.05) is 35.4 Å². The highest BCUT2D eigenvalue weighted by Crippen LogP contribution is 2.38. The van der Waals surface area contributed by atoms with Gasteiger partial charge < -0.3 is 19.2 Å². The van der Waals surface area contributed by atoms with E-state index in [-0.39, 0.29) is 21.7 Å². The topological polar surface area (TPSA) is 90.7 Å². The normalized spacial score (nSPS) is 13.0. The minimum atomic E-state index is -4.06. The van der Waals surface area contributed by atoms with Crippen LogP contribution in [-0.4, -0.2) is 26.6 Å². The lowest BCUT2D eigenvalue weighted by molar-refractivity contribution is 0.171. The van der Waals surface area contributed by atoms with Gasteiger partial charge in [-0.25, -0.2) is 8.42 Å². The lowest BCUT2D eigenvalue weighted by Crippen LogP contribution is -2.16. The lowest BCUT2D eigenvalue weighted by atomic mass is 10.2. The van der Waals surface area contributed by atoms with Crippen molar-refractivity contribution in [2.75, 3.05) is 18.5 Å². The SMILES string of the molecule is Cc1ccc(Nc2oc(-c3cccc(Cl)c3)nc2S(=O)(=O)c2ccc3c(c2)OCCO3)cc1. The molecule has 3 aromatic carbocycles. The fourth-order valence-electron chi connectivity index (χ4n) is 3.38. The molecule has 7 nitrogen and oxygen atoms in total. The molecule has 0 radical (unpaired) electrons. The van der Waals surface area contributed by atoms with Crippen LogP contribution in [0.25, 0.3) is 11.5 Å². The Bertz CT molecular complexity index is 1430. The van der Waals surface area contributed by atoms with Gasteiger partial charge in [0.05, 0.1) is 4.90 Å². The Morgan fingerprint density at radius 2 is 1.70 bits per heavy atom. The molecule has 0 atom stereocenters. The summed E-state index contributed by atoms with van der Waals surface area (Å²) in [5.41, 5.74) is 2.29. The van der Waals surface area contributed by atoms with Crippen LogP contribution in [0.15, 0.2) is 81.1 Å². The molecule has 1 aliphatic rings. The molecule has 0 fully saturated rings. The van der Waals surface area contributed by atoms with E-state index in [9.17, 15) is 8.42 Å². The minimum absolute atomic E-state index is 0.00344. The van der Waals surface area contributed by atoms with E-state index in [0.29, 0.717) is 41.0 Å². The van der Waals surface area contributed by atoms with E-state index in [0.717, 1.165) is 5.56 Å². The molecule has 168 valence electrons. The second-order valence-electron chi connectivity index (χ2n) is 7.46. The van der Waals surface area contributed by atoms with Gasteiger partial charge in [-0.3, -0.25) is 0 Å². The van der Waals surface area contributed by atoms with Gasteiger partial charge in [0.1, 0.15) is 13.2 Å². The summed E-state index contributed by atoms with van der Waals surface area (Å²) < 4.78 is 44.2. The molecule has 9 heteroatoms. The van der Waals surface area contributed by atoms with Gasteiger partial charge in [0.2, 0.25) is 26.6 Å². The molecule has 4 aromatic rings. The van der Waals surface area contributed by atoms with E-state index in [4.69, 9.17) is 25.5 Å². The van der Waals surface area contributed by atoms with Crippen LogP contribution >= 0.6 is 11.6 Å². The van der Waals surface area contributed by atoms with Gasteiger partial charge in [0.15, 0.2) is 11.5 Å². The maximum atomic E-state index is 13.6. The predicted molar refractivity (Wildman–Crippen MR) is 124 cm³/mol. The molecule has 0 saturated carbocycles.